The van der Waals surface area contributed by atoms with E-state index in [1.165, 1.54) is 24.3 Å². The number of nitrogens with zero attached hydrogens (tertiary/aromatic N) is 1. The average molecular weight is 272 g/mol. The van der Waals surface area contributed by atoms with Gasteiger partial charge in [0.15, 0.2) is 5.60 Å². The fraction of sp³-hybridized carbons (Fsp3) is 0.0714. The fourth-order valence-corrected chi connectivity index (χ4v) is 1.95. The van der Waals surface area contributed by atoms with Crippen LogP contribution in [0.3, 0.4) is 0 Å². The number of carbonyl (C=O) groups excluding carboxylic acids is 1. The minimum absolute atomic E-state index is 0.131. The van der Waals surface area contributed by atoms with Crippen LogP contribution >= 0.6 is 0 Å². The smallest absolute Gasteiger partial charge is 0.269 e. The maximum absolute atomic E-state index is 11.7. The Morgan fingerprint density at radius 2 is 1.55 bits per heavy atom. The Labute approximate surface area is 114 Å². The molecule has 2 rings (SSSR count). The number of hydrogen-bond donors (Lipinski definition) is 2. The third-order valence-corrected chi connectivity index (χ3v) is 3.04. The molecule has 0 saturated heterocycles. The summed E-state index contributed by atoms with van der Waals surface area (Å²) < 4.78 is 0. The standard InChI is InChI=1S/C14H12N2O4/c15-13(17)14(18,10-4-2-1-3-5-10)11-6-8-12(9-7-11)16(19)20/h1-9,18H,(H2,15,17). The van der Waals surface area contributed by atoms with Gasteiger partial charge in [0.25, 0.3) is 11.6 Å². The summed E-state index contributed by atoms with van der Waals surface area (Å²) in [6, 6.07) is 13.2. The van der Waals surface area contributed by atoms with Gasteiger partial charge < -0.3 is 10.8 Å². The third kappa shape index (κ3) is 2.24. The molecule has 2 aromatic rings. The lowest BCUT2D eigenvalue weighted by molar-refractivity contribution is -0.384. The zero-order valence-electron chi connectivity index (χ0n) is 10.4. The number of nitro benzene ring substituents is 1. The van der Waals surface area contributed by atoms with Crippen molar-refractivity contribution in [2.45, 2.75) is 5.60 Å². The monoisotopic (exact) mass is 272 g/mol. The van der Waals surface area contributed by atoms with Gasteiger partial charge in [-0.2, -0.15) is 0 Å². The van der Waals surface area contributed by atoms with Crippen molar-refractivity contribution >= 4 is 11.6 Å². The van der Waals surface area contributed by atoms with Gasteiger partial charge in [0.05, 0.1) is 4.92 Å². The van der Waals surface area contributed by atoms with E-state index in [9.17, 15) is 20.0 Å². The van der Waals surface area contributed by atoms with E-state index >= 15 is 0 Å². The predicted molar refractivity (Wildman–Crippen MR) is 71.7 cm³/mol. The largest absolute Gasteiger partial charge is 0.372 e. The van der Waals surface area contributed by atoms with Crippen molar-refractivity contribution in [3.05, 3.63) is 75.8 Å². The van der Waals surface area contributed by atoms with Crippen molar-refractivity contribution in [2.24, 2.45) is 5.73 Å². The lowest BCUT2D eigenvalue weighted by Gasteiger charge is -2.25. The second-order valence-electron chi connectivity index (χ2n) is 4.24. The maximum Gasteiger partial charge on any atom is 0.269 e. The molecule has 1 unspecified atom stereocenters. The van der Waals surface area contributed by atoms with Gasteiger partial charge in [-0.3, -0.25) is 14.9 Å². The number of primary amides is 1. The Morgan fingerprint density at radius 3 is 2.00 bits per heavy atom. The summed E-state index contributed by atoms with van der Waals surface area (Å²) in [5, 5.41) is 21.2. The van der Waals surface area contributed by atoms with Gasteiger partial charge in [0.1, 0.15) is 0 Å². The number of amides is 1. The molecule has 0 bridgehead atoms. The van der Waals surface area contributed by atoms with Gasteiger partial charge in [0, 0.05) is 12.1 Å². The van der Waals surface area contributed by atoms with Gasteiger partial charge >= 0.3 is 0 Å². The highest BCUT2D eigenvalue weighted by Gasteiger charge is 2.38. The Hall–Kier alpha value is -2.73. The maximum atomic E-state index is 11.7. The van der Waals surface area contributed by atoms with Crippen molar-refractivity contribution in [2.75, 3.05) is 0 Å². The first kappa shape index (κ1) is 13.7. The van der Waals surface area contributed by atoms with E-state index in [2.05, 4.69) is 0 Å². The summed E-state index contributed by atoms with van der Waals surface area (Å²) in [5.74, 6) is -0.947. The molecule has 0 heterocycles. The van der Waals surface area contributed by atoms with Gasteiger partial charge in [0.2, 0.25) is 0 Å². The van der Waals surface area contributed by atoms with Gasteiger partial charge in [-0.15, -0.1) is 0 Å². The van der Waals surface area contributed by atoms with E-state index in [4.69, 9.17) is 5.73 Å². The van der Waals surface area contributed by atoms with Crippen LogP contribution in [0.15, 0.2) is 54.6 Å². The van der Waals surface area contributed by atoms with Crippen molar-refractivity contribution in [3.8, 4) is 0 Å². The highest BCUT2D eigenvalue weighted by molar-refractivity contribution is 5.88. The first-order valence-corrected chi connectivity index (χ1v) is 5.79. The number of benzene rings is 2. The molecule has 0 aliphatic carbocycles. The second kappa shape index (κ2) is 5.10. The minimum Gasteiger partial charge on any atom is -0.372 e. The van der Waals surface area contributed by atoms with Gasteiger partial charge in [-0.1, -0.05) is 30.3 Å². The topological polar surface area (TPSA) is 106 Å². The number of non-ortho nitro benzene ring substituents is 1. The highest BCUT2D eigenvalue weighted by atomic mass is 16.6. The second-order valence-corrected chi connectivity index (χ2v) is 4.24. The van der Waals surface area contributed by atoms with Crippen LogP contribution in [0.1, 0.15) is 11.1 Å². The molecule has 1 atom stereocenters. The van der Waals surface area contributed by atoms with E-state index in [1.54, 1.807) is 30.3 Å². The molecule has 2 aromatic carbocycles. The Balaban J connectivity index is 2.54. The summed E-state index contributed by atoms with van der Waals surface area (Å²) in [4.78, 5) is 21.7. The number of rotatable bonds is 4. The summed E-state index contributed by atoms with van der Waals surface area (Å²) >= 11 is 0. The summed E-state index contributed by atoms with van der Waals surface area (Å²) in [6.45, 7) is 0. The minimum atomic E-state index is -2.02. The number of nitro groups is 1. The first-order valence-electron chi connectivity index (χ1n) is 5.79. The molecular weight excluding hydrogens is 260 g/mol. The van der Waals surface area contributed by atoms with E-state index in [0.717, 1.165) is 0 Å². The molecule has 0 aromatic heterocycles. The molecule has 0 saturated carbocycles. The van der Waals surface area contributed by atoms with Crippen LogP contribution in [0.2, 0.25) is 0 Å². The van der Waals surface area contributed by atoms with Crippen LogP contribution in [0.4, 0.5) is 5.69 Å². The van der Waals surface area contributed by atoms with E-state index in [0.29, 0.717) is 5.56 Å². The summed E-state index contributed by atoms with van der Waals surface area (Å²) in [6.07, 6.45) is 0. The van der Waals surface area contributed by atoms with Crippen molar-refractivity contribution in [1.29, 1.82) is 0 Å². The normalized spacial score (nSPS) is 13.4. The Morgan fingerprint density at radius 1 is 1.05 bits per heavy atom. The molecule has 6 heteroatoms. The third-order valence-electron chi connectivity index (χ3n) is 3.04. The van der Waals surface area contributed by atoms with E-state index in [-0.39, 0.29) is 11.3 Å². The van der Waals surface area contributed by atoms with Crippen molar-refractivity contribution in [3.63, 3.8) is 0 Å². The number of aliphatic hydroxyl groups is 1. The molecule has 0 radical (unpaired) electrons. The molecule has 20 heavy (non-hydrogen) atoms. The predicted octanol–water partition coefficient (Wildman–Crippen LogP) is 1.32. The molecule has 0 aliphatic rings. The summed E-state index contributed by atoms with van der Waals surface area (Å²) in [5.41, 5.74) is 3.65. The van der Waals surface area contributed by atoms with Crippen molar-refractivity contribution < 1.29 is 14.8 Å². The van der Waals surface area contributed by atoms with Crippen LogP contribution in [0.25, 0.3) is 0 Å². The van der Waals surface area contributed by atoms with Crippen LogP contribution in [-0.2, 0) is 10.4 Å². The van der Waals surface area contributed by atoms with Crippen LogP contribution in [0, 0.1) is 10.1 Å². The lowest BCUT2D eigenvalue weighted by atomic mass is 9.85. The quantitative estimate of drug-likeness (QED) is 0.646. The van der Waals surface area contributed by atoms with E-state index < -0.39 is 16.4 Å². The molecule has 6 nitrogen and oxygen atoms in total. The highest BCUT2D eigenvalue weighted by Crippen LogP contribution is 2.30. The van der Waals surface area contributed by atoms with Gasteiger partial charge in [-0.25, -0.2) is 0 Å². The SMILES string of the molecule is NC(=O)C(O)(c1ccccc1)c1ccc([N+](=O)[O-])cc1. The molecule has 0 spiro atoms. The Bertz CT molecular complexity index is 640. The first-order chi connectivity index (χ1) is 9.46. The van der Waals surface area contributed by atoms with Gasteiger partial charge in [-0.05, 0) is 23.3 Å². The molecule has 3 N–H and O–H groups in total. The van der Waals surface area contributed by atoms with Crippen LogP contribution in [-0.4, -0.2) is 15.9 Å². The molecule has 102 valence electrons. The average Bonchev–Trinajstić information content (AvgIpc) is 2.47. The zero-order chi connectivity index (χ0) is 14.8. The molecule has 0 fully saturated rings. The van der Waals surface area contributed by atoms with E-state index in [1.807, 2.05) is 0 Å². The van der Waals surface area contributed by atoms with Crippen LogP contribution < -0.4 is 5.73 Å². The zero-order valence-corrected chi connectivity index (χ0v) is 10.4. The fourth-order valence-electron chi connectivity index (χ4n) is 1.95. The summed E-state index contributed by atoms with van der Waals surface area (Å²) in [7, 11) is 0. The molecular formula is C14H12N2O4. The lowest BCUT2D eigenvalue weighted by Crippen LogP contribution is -2.42. The number of carbonyl (C=O) groups is 1. The number of nitrogens with two attached hydrogens (primary N) is 1. The molecule has 1 amide bonds. The Kier molecular flexibility index (Phi) is 3.49. The molecule has 0 aliphatic heterocycles. The van der Waals surface area contributed by atoms with Crippen molar-refractivity contribution in [1.82, 2.24) is 0 Å². The number of hydrogen-bond acceptors (Lipinski definition) is 4. The van der Waals surface area contributed by atoms with Crippen LogP contribution in [0.5, 0.6) is 0 Å².